The maximum Gasteiger partial charge on any atom is 0.242 e. The molecule has 2 N–H and O–H groups in total. The molecular weight excluding hydrogens is 134 g/mol. The molecule has 0 radical (unpaired) electrons. The van der Waals surface area contributed by atoms with E-state index in [9.17, 15) is 0 Å². The smallest absolute Gasteiger partial charge is 0.242 e. The standard InChI is InChI=1S/C4H3N5O/c10-4-2-3(5-1-6-4)8-9-7-2/h1H,(H2,5,6,7,8,9,10). The van der Waals surface area contributed by atoms with Crippen molar-refractivity contribution in [3.05, 3.63) is 6.33 Å². The minimum Gasteiger partial charge on any atom is -0.492 e. The van der Waals surface area contributed by atoms with Crippen molar-refractivity contribution in [3.63, 3.8) is 0 Å². The Morgan fingerprint density at radius 1 is 1.40 bits per heavy atom. The maximum absolute atomic E-state index is 9.00. The molecule has 0 aliphatic rings. The van der Waals surface area contributed by atoms with Crippen LogP contribution in [0.15, 0.2) is 6.33 Å². The van der Waals surface area contributed by atoms with Crippen LogP contribution >= 0.6 is 0 Å². The van der Waals surface area contributed by atoms with Crippen molar-refractivity contribution >= 4 is 11.2 Å². The Labute approximate surface area is 54.9 Å². The van der Waals surface area contributed by atoms with Crippen LogP contribution in [0.5, 0.6) is 5.88 Å². The quantitative estimate of drug-likeness (QED) is 0.508. The van der Waals surface area contributed by atoms with Gasteiger partial charge in [-0.1, -0.05) is 5.21 Å². The number of aromatic amines is 1. The Bertz CT molecular complexity index is 355. The number of rotatable bonds is 0. The van der Waals surface area contributed by atoms with Gasteiger partial charge < -0.3 is 5.11 Å². The fourth-order valence-electron chi connectivity index (χ4n) is 0.666. The van der Waals surface area contributed by atoms with E-state index in [-0.39, 0.29) is 5.88 Å². The molecule has 0 unspecified atom stereocenters. The lowest BCUT2D eigenvalue weighted by Gasteiger charge is -1.86. The van der Waals surface area contributed by atoms with Gasteiger partial charge in [-0.25, -0.2) is 4.98 Å². The molecule has 2 rings (SSSR count). The fraction of sp³-hybridized carbons (Fsp3) is 0. The van der Waals surface area contributed by atoms with Gasteiger partial charge in [-0.2, -0.15) is 4.98 Å². The van der Waals surface area contributed by atoms with E-state index in [1.54, 1.807) is 0 Å². The zero-order chi connectivity index (χ0) is 6.97. The molecule has 6 heteroatoms. The number of hydrogen-bond donors (Lipinski definition) is 2. The van der Waals surface area contributed by atoms with Gasteiger partial charge in [0.1, 0.15) is 6.33 Å². The number of nitrogens with one attached hydrogen (secondary N) is 1. The van der Waals surface area contributed by atoms with Crippen LogP contribution in [0, 0.1) is 0 Å². The fourth-order valence-corrected chi connectivity index (χ4v) is 0.666. The van der Waals surface area contributed by atoms with Crippen LogP contribution in [-0.2, 0) is 0 Å². The Morgan fingerprint density at radius 3 is 3.10 bits per heavy atom. The SMILES string of the molecule is Oc1ncnc2nn[nH]c12. The summed E-state index contributed by atoms with van der Waals surface area (Å²) < 4.78 is 0. The summed E-state index contributed by atoms with van der Waals surface area (Å²) in [7, 11) is 0. The van der Waals surface area contributed by atoms with Gasteiger partial charge in [0.05, 0.1) is 0 Å². The molecule has 0 bridgehead atoms. The van der Waals surface area contributed by atoms with Gasteiger partial charge in [0.25, 0.3) is 0 Å². The molecule has 0 aliphatic heterocycles. The third-order valence-electron chi connectivity index (χ3n) is 1.11. The summed E-state index contributed by atoms with van der Waals surface area (Å²) in [6.07, 6.45) is 1.22. The lowest BCUT2D eigenvalue weighted by Crippen LogP contribution is -1.79. The Kier molecular flexibility index (Phi) is 0.830. The first kappa shape index (κ1) is 5.10. The monoisotopic (exact) mass is 137 g/mol. The second-order valence-corrected chi connectivity index (χ2v) is 1.71. The van der Waals surface area contributed by atoms with Gasteiger partial charge in [0, 0.05) is 0 Å². The van der Waals surface area contributed by atoms with E-state index in [1.165, 1.54) is 6.33 Å². The number of H-pyrrole nitrogens is 1. The number of aromatic nitrogens is 5. The molecule has 0 spiro atoms. The first-order valence-electron chi connectivity index (χ1n) is 2.58. The van der Waals surface area contributed by atoms with E-state index < -0.39 is 0 Å². The van der Waals surface area contributed by atoms with Crippen molar-refractivity contribution in [2.45, 2.75) is 0 Å². The highest BCUT2D eigenvalue weighted by Gasteiger charge is 2.02. The van der Waals surface area contributed by atoms with Crippen LogP contribution in [0.4, 0.5) is 0 Å². The van der Waals surface area contributed by atoms with E-state index >= 15 is 0 Å². The summed E-state index contributed by atoms with van der Waals surface area (Å²) in [6.45, 7) is 0. The number of fused-ring (bicyclic) bond motifs is 1. The second-order valence-electron chi connectivity index (χ2n) is 1.71. The van der Waals surface area contributed by atoms with Gasteiger partial charge in [0.15, 0.2) is 5.52 Å². The minimum atomic E-state index is -0.130. The molecule has 0 amide bonds. The molecule has 2 heterocycles. The molecule has 2 aromatic rings. The molecule has 2 aromatic heterocycles. The molecule has 10 heavy (non-hydrogen) atoms. The highest BCUT2D eigenvalue weighted by atomic mass is 16.3. The lowest BCUT2D eigenvalue weighted by atomic mass is 10.5. The van der Waals surface area contributed by atoms with Gasteiger partial charge in [-0.3, -0.25) is 5.10 Å². The predicted octanol–water partition coefficient (Wildman–Crippen LogP) is -0.547. The zero-order valence-electron chi connectivity index (χ0n) is 4.81. The summed E-state index contributed by atoms with van der Waals surface area (Å²) in [6, 6.07) is 0. The van der Waals surface area contributed by atoms with Gasteiger partial charge in [-0.15, -0.1) is 5.10 Å². The average Bonchev–Trinajstić information content (AvgIpc) is 2.36. The van der Waals surface area contributed by atoms with Crippen molar-refractivity contribution in [3.8, 4) is 5.88 Å². The van der Waals surface area contributed by atoms with E-state index in [1.807, 2.05) is 0 Å². The van der Waals surface area contributed by atoms with Crippen LogP contribution in [0.3, 0.4) is 0 Å². The molecule has 0 saturated carbocycles. The molecular formula is C4H3N5O. The zero-order valence-corrected chi connectivity index (χ0v) is 4.81. The molecule has 0 aliphatic carbocycles. The molecule has 0 atom stereocenters. The van der Waals surface area contributed by atoms with E-state index in [0.29, 0.717) is 11.2 Å². The topological polar surface area (TPSA) is 87.6 Å². The second kappa shape index (κ2) is 1.63. The van der Waals surface area contributed by atoms with Gasteiger partial charge in [0.2, 0.25) is 11.5 Å². The molecule has 0 fully saturated rings. The highest BCUT2D eigenvalue weighted by molar-refractivity contribution is 5.73. The summed E-state index contributed by atoms with van der Waals surface area (Å²) >= 11 is 0. The van der Waals surface area contributed by atoms with Crippen LogP contribution in [-0.4, -0.2) is 30.5 Å². The molecule has 0 saturated heterocycles. The van der Waals surface area contributed by atoms with Crippen molar-refractivity contribution in [1.82, 2.24) is 25.4 Å². The first-order chi connectivity index (χ1) is 4.88. The van der Waals surface area contributed by atoms with Crippen molar-refractivity contribution in [1.29, 1.82) is 0 Å². The normalized spacial score (nSPS) is 10.4. The summed E-state index contributed by atoms with van der Waals surface area (Å²) in [4.78, 5) is 7.24. The Hall–Kier alpha value is -1.72. The maximum atomic E-state index is 9.00. The number of hydrogen-bond acceptors (Lipinski definition) is 5. The van der Waals surface area contributed by atoms with Crippen molar-refractivity contribution in [2.24, 2.45) is 0 Å². The average molecular weight is 137 g/mol. The summed E-state index contributed by atoms with van der Waals surface area (Å²) in [5.74, 6) is -0.130. The van der Waals surface area contributed by atoms with Gasteiger partial charge >= 0.3 is 0 Å². The lowest BCUT2D eigenvalue weighted by molar-refractivity contribution is 0.458. The van der Waals surface area contributed by atoms with Crippen LogP contribution in [0.1, 0.15) is 0 Å². The van der Waals surface area contributed by atoms with Crippen molar-refractivity contribution in [2.75, 3.05) is 0 Å². The van der Waals surface area contributed by atoms with Crippen LogP contribution < -0.4 is 0 Å². The van der Waals surface area contributed by atoms with E-state index in [4.69, 9.17) is 5.11 Å². The molecule has 6 nitrogen and oxygen atoms in total. The Morgan fingerprint density at radius 2 is 2.30 bits per heavy atom. The predicted molar refractivity (Wildman–Crippen MR) is 31.1 cm³/mol. The largest absolute Gasteiger partial charge is 0.492 e. The third-order valence-corrected chi connectivity index (χ3v) is 1.11. The number of nitrogens with zero attached hydrogens (tertiary/aromatic N) is 4. The minimum absolute atomic E-state index is 0.130. The van der Waals surface area contributed by atoms with Crippen molar-refractivity contribution < 1.29 is 5.11 Å². The van der Waals surface area contributed by atoms with E-state index in [0.717, 1.165) is 0 Å². The highest BCUT2D eigenvalue weighted by Crippen LogP contribution is 2.12. The Balaban J connectivity index is 2.95. The summed E-state index contributed by atoms with van der Waals surface area (Å²) in [5.41, 5.74) is 0.731. The molecule has 50 valence electrons. The number of aromatic hydroxyl groups is 1. The van der Waals surface area contributed by atoms with Gasteiger partial charge in [-0.05, 0) is 0 Å². The summed E-state index contributed by atoms with van der Waals surface area (Å²) in [5, 5.41) is 18.4. The first-order valence-corrected chi connectivity index (χ1v) is 2.58. The molecule has 0 aromatic carbocycles. The van der Waals surface area contributed by atoms with Crippen LogP contribution in [0.2, 0.25) is 0 Å². The third kappa shape index (κ3) is 0.524. The van der Waals surface area contributed by atoms with E-state index in [2.05, 4.69) is 25.4 Å². The van der Waals surface area contributed by atoms with Crippen LogP contribution in [0.25, 0.3) is 11.2 Å².